The van der Waals surface area contributed by atoms with Gasteiger partial charge in [0.25, 0.3) is 5.91 Å². The SMILES string of the molecule is CC(C)(C)c1ccc(C(=O)NCC(=O)NC(CC2CC2)C(=O)O)cc1. The van der Waals surface area contributed by atoms with Gasteiger partial charge < -0.3 is 15.7 Å². The number of hydrogen-bond donors (Lipinski definition) is 3. The Kier molecular flexibility index (Phi) is 5.82. The van der Waals surface area contributed by atoms with Crippen LogP contribution in [0.3, 0.4) is 0 Å². The van der Waals surface area contributed by atoms with Gasteiger partial charge in [0.15, 0.2) is 0 Å². The Morgan fingerprint density at radius 2 is 1.76 bits per heavy atom. The third-order valence-corrected chi connectivity index (χ3v) is 4.32. The molecule has 1 aromatic rings. The van der Waals surface area contributed by atoms with Gasteiger partial charge in [0, 0.05) is 5.56 Å². The number of hydrogen-bond acceptors (Lipinski definition) is 3. The van der Waals surface area contributed by atoms with E-state index in [4.69, 9.17) is 5.11 Å². The molecular formula is C19H26N2O4. The molecule has 1 atom stereocenters. The van der Waals surface area contributed by atoms with Gasteiger partial charge in [-0.3, -0.25) is 9.59 Å². The van der Waals surface area contributed by atoms with Crippen LogP contribution in [-0.2, 0) is 15.0 Å². The van der Waals surface area contributed by atoms with E-state index in [2.05, 4.69) is 31.4 Å². The minimum Gasteiger partial charge on any atom is -0.480 e. The number of amides is 2. The number of carboxylic acid groups (broad SMARTS) is 1. The lowest BCUT2D eigenvalue weighted by atomic mass is 9.87. The Bertz CT molecular complexity index is 642. The van der Waals surface area contributed by atoms with Crippen molar-refractivity contribution in [1.82, 2.24) is 10.6 Å². The highest BCUT2D eigenvalue weighted by molar-refractivity contribution is 5.96. The van der Waals surface area contributed by atoms with Gasteiger partial charge in [0.1, 0.15) is 6.04 Å². The largest absolute Gasteiger partial charge is 0.480 e. The van der Waals surface area contributed by atoms with Crippen LogP contribution in [0.25, 0.3) is 0 Å². The monoisotopic (exact) mass is 346 g/mol. The van der Waals surface area contributed by atoms with Crippen molar-refractivity contribution in [3.05, 3.63) is 35.4 Å². The summed E-state index contributed by atoms with van der Waals surface area (Å²) in [4.78, 5) is 35.2. The van der Waals surface area contributed by atoms with Crippen molar-refractivity contribution >= 4 is 17.8 Å². The maximum atomic E-state index is 12.1. The zero-order chi connectivity index (χ0) is 18.6. The number of aliphatic carboxylic acids is 1. The van der Waals surface area contributed by atoms with E-state index in [0.717, 1.165) is 18.4 Å². The van der Waals surface area contributed by atoms with Crippen LogP contribution in [0.5, 0.6) is 0 Å². The highest BCUT2D eigenvalue weighted by Gasteiger charge is 2.30. The second-order valence-corrected chi connectivity index (χ2v) is 7.65. The number of carboxylic acids is 1. The van der Waals surface area contributed by atoms with E-state index < -0.39 is 17.9 Å². The molecule has 136 valence electrons. The molecule has 6 heteroatoms. The lowest BCUT2D eigenvalue weighted by Gasteiger charge is -2.19. The first-order valence-corrected chi connectivity index (χ1v) is 8.57. The average molecular weight is 346 g/mol. The van der Waals surface area contributed by atoms with Gasteiger partial charge in [-0.15, -0.1) is 0 Å². The molecule has 0 saturated heterocycles. The molecule has 0 bridgehead atoms. The first-order chi connectivity index (χ1) is 11.7. The number of rotatable bonds is 7. The summed E-state index contributed by atoms with van der Waals surface area (Å²) in [7, 11) is 0. The summed E-state index contributed by atoms with van der Waals surface area (Å²) in [5.74, 6) is -1.50. The molecule has 0 spiro atoms. The first-order valence-electron chi connectivity index (χ1n) is 8.57. The van der Waals surface area contributed by atoms with Crippen molar-refractivity contribution in [2.75, 3.05) is 6.54 Å². The molecule has 1 aromatic carbocycles. The molecule has 3 N–H and O–H groups in total. The summed E-state index contributed by atoms with van der Waals surface area (Å²) in [6.45, 7) is 6.03. The van der Waals surface area contributed by atoms with Gasteiger partial charge in [0.05, 0.1) is 6.54 Å². The average Bonchev–Trinajstić information content (AvgIpc) is 3.35. The standard InChI is InChI=1S/C19H26N2O4/c1-19(2,3)14-8-6-13(7-9-14)17(23)20-11-16(22)21-15(18(24)25)10-12-4-5-12/h6-9,12,15H,4-5,10-11H2,1-3H3,(H,20,23)(H,21,22)(H,24,25). The van der Waals surface area contributed by atoms with Crippen molar-refractivity contribution in [2.45, 2.75) is 51.5 Å². The van der Waals surface area contributed by atoms with Crippen LogP contribution in [0.1, 0.15) is 56.0 Å². The van der Waals surface area contributed by atoms with Crippen molar-refractivity contribution < 1.29 is 19.5 Å². The number of nitrogens with one attached hydrogen (secondary N) is 2. The fraction of sp³-hybridized carbons (Fsp3) is 0.526. The quantitative estimate of drug-likeness (QED) is 0.704. The fourth-order valence-electron chi connectivity index (χ4n) is 2.54. The summed E-state index contributed by atoms with van der Waals surface area (Å²) < 4.78 is 0. The Labute approximate surface area is 148 Å². The molecule has 6 nitrogen and oxygen atoms in total. The van der Waals surface area contributed by atoms with E-state index in [-0.39, 0.29) is 17.9 Å². The Balaban J connectivity index is 1.84. The van der Waals surface area contributed by atoms with Gasteiger partial charge in [-0.1, -0.05) is 45.7 Å². The Morgan fingerprint density at radius 1 is 1.16 bits per heavy atom. The van der Waals surface area contributed by atoms with Crippen molar-refractivity contribution in [3.63, 3.8) is 0 Å². The zero-order valence-corrected chi connectivity index (χ0v) is 15.0. The third kappa shape index (κ3) is 5.89. The van der Waals surface area contributed by atoms with Crippen molar-refractivity contribution in [2.24, 2.45) is 5.92 Å². The van der Waals surface area contributed by atoms with Crippen LogP contribution in [0.2, 0.25) is 0 Å². The lowest BCUT2D eigenvalue weighted by Crippen LogP contribution is -2.45. The van der Waals surface area contributed by atoms with E-state index in [1.807, 2.05) is 12.1 Å². The predicted molar refractivity (Wildman–Crippen MR) is 94.4 cm³/mol. The normalized spacial score (nSPS) is 15.3. The molecule has 0 radical (unpaired) electrons. The molecule has 25 heavy (non-hydrogen) atoms. The highest BCUT2D eigenvalue weighted by Crippen LogP contribution is 2.33. The Hall–Kier alpha value is -2.37. The molecule has 0 aromatic heterocycles. The summed E-state index contributed by atoms with van der Waals surface area (Å²) >= 11 is 0. The van der Waals surface area contributed by atoms with Crippen molar-refractivity contribution in [3.8, 4) is 0 Å². The maximum absolute atomic E-state index is 12.1. The smallest absolute Gasteiger partial charge is 0.326 e. The molecule has 0 heterocycles. The van der Waals surface area contributed by atoms with Gasteiger partial charge in [-0.05, 0) is 35.4 Å². The van der Waals surface area contributed by atoms with Crippen LogP contribution < -0.4 is 10.6 Å². The van der Waals surface area contributed by atoms with Gasteiger partial charge in [-0.2, -0.15) is 0 Å². The molecule has 1 aliphatic carbocycles. The van der Waals surface area contributed by atoms with Crippen LogP contribution in [0.4, 0.5) is 0 Å². The van der Waals surface area contributed by atoms with E-state index in [1.165, 1.54) is 0 Å². The summed E-state index contributed by atoms with van der Waals surface area (Å²) in [5, 5.41) is 14.1. The summed E-state index contributed by atoms with van der Waals surface area (Å²) in [6.07, 6.45) is 2.48. The molecular weight excluding hydrogens is 320 g/mol. The van der Waals surface area contributed by atoms with Gasteiger partial charge in [0.2, 0.25) is 5.91 Å². The zero-order valence-electron chi connectivity index (χ0n) is 15.0. The highest BCUT2D eigenvalue weighted by atomic mass is 16.4. The molecule has 1 unspecified atom stereocenters. The predicted octanol–water partition coefficient (Wildman–Crippen LogP) is 2.08. The summed E-state index contributed by atoms with van der Waals surface area (Å²) in [5.41, 5.74) is 1.59. The number of carbonyl (C=O) groups excluding carboxylic acids is 2. The van der Waals surface area contributed by atoms with E-state index >= 15 is 0 Å². The third-order valence-electron chi connectivity index (χ3n) is 4.32. The topological polar surface area (TPSA) is 95.5 Å². The second kappa shape index (κ2) is 7.68. The number of carbonyl (C=O) groups is 3. The fourth-order valence-corrected chi connectivity index (χ4v) is 2.54. The van der Waals surface area contributed by atoms with Gasteiger partial charge in [-0.25, -0.2) is 4.79 Å². The molecule has 1 aliphatic rings. The molecule has 1 saturated carbocycles. The van der Waals surface area contributed by atoms with Crippen molar-refractivity contribution in [1.29, 1.82) is 0 Å². The molecule has 2 rings (SSSR count). The minimum atomic E-state index is -1.04. The molecule has 2 amide bonds. The minimum absolute atomic E-state index is 0.00228. The van der Waals surface area contributed by atoms with Gasteiger partial charge >= 0.3 is 5.97 Å². The van der Waals surface area contributed by atoms with Crippen LogP contribution in [0.15, 0.2) is 24.3 Å². The number of benzene rings is 1. The molecule has 1 fully saturated rings. The van der Waals surface area contributed by atoms with E-state index in [0.29, 0.717) is 17.9 Å². The summed E-state index contributed by atoms with van der Waals surface area (Å²) in [6, 6.07) is 6.35. The molecule has 0 aliphatic heterocycles. The van der Waals surface area contributed by atoms with Crippen LogP contribution in [0, 0.1) is 5.92 Å². The van der Waals surface area contributed by atoms with Crippen LogP contribution >= 0.6 is 0 Å². The lowest BCUT2D eigenvalue weighted by molar-refractivity contribution is -0.142. The van der Waals surface area contributed by atoms with E-state index in [1.54, 1.807) is 12.1 Å². The second-order valence-electron chi connectivity index (χ2n) is 7.65. The van der Waals surface area contributed by atoms with E-state index in [9.17, 15) is 14.4 Å². The first kappa shape index (κ1) is 19.0. The maximum Gasteiger partial charge on any atom is 0.326 e. The Morgan fingerprint density at radius 3 is 2.24 bits per heavy atom. The van der Waals surface area contributed by atoms with Crippen LogP contribution in [-0.4, -0.2) is 35.5 Å².